The van der Waals surface area contributed by atoms with E-state index >= 15 is 4.39 Å². The molecule has 156 valence electrons. The summed E-state index contributed by atoms with van der Waals surface area (Å²) in [4.78, 5) is 25.1. The van der Waals surface area contributed by atoms with Gasteiger partial charge in [-0.15, -0.1) is 12.3 Å². The van der Waals surface area contributed by atoms with E-state index in [1.807, 2.05) is 0 Å². The lowest BCUT2D eigenvalue weighted by atomic mass is 9.44. The van der Waals surface area contributed by atoms with Crippen LogP contribution in [0.5, 0.6) is 0 Å². The van der Waals surface area contributed by atoms with Crippen molar-refractivity contribution in [2.45, 2.75) is 75.9 Å². The van der Waals surface area contributed by atoms with Gasteiger partial charge in [-0.3, -0.25) is 9.59 Å². The molecule has 0 amide bonds. The van der Waals surface area contributed by atoms with E-state index in [2.05, 4.69) is 5.92 Å². The van der Waals surface area contributed by atoms with Crippen LogP contribution in [0.4, 0.5) is 4.39 Å². The first kappa shape index (κ1) is 21.4. The molecule has 0 aromatic rings. The number of rotatable bonds is 4. The van der Waals surface area contributed by atoms with Crippen molar-refractivity contribution >= 4 is 11.6 Å². The Labute approximate surface area is 164 Å². The van der Waals surface area contributed by atoms with E-state index in [-0.39, 0.29) is 32.1 Å². The number of hydrogen-bond acceptors (Lipinski definition) is 6. The molecule has 4 N–H and O–H groups in total. The molecule has 0 unspecified atom stereocenters. The van der Waals surface area contributed by atoms with Gasteiger partial charge in [-0.25, -0.2) is 4.39 Å². The maximum Gasteiger partial charge on any atom is 0.199 e. The lowest BCUT2D eigenvalue weighted by Crippen LogP contribution is -2.75. The van der Waals surface area contributed by atoms with Crippen LogP contribution in [-0.4, -0.2) is 55.7 Å². The van der Waals surface area contributed by atoms with Crippen molar-refractivity contribution in [3.8, 4) is 12.3 Å². The molecular weight excluding hydrogens is 367 g/mol. The number of terminal acetylenes is 1. The van der Waals surface area contributed by atoms with Gasteiger partial charge >= 0.3 is 0 Å². The Hall–Kier alpha value is -1.33. The van der Waals surface area contributed by atoms with Gasteiger partial charge in [0.25, 0.3) is 0 Å². The maximum absolute atomic E-state index is 16.8. The molecule has 0 heterocycles. The minimum atomic E-state index is -2.93. The number of carbonyl (C=O) groups is 2. The number of Topliss-reactive ketones (excluding diaryl/α,β-unsaturated/α-hetero) is 2. The molecular formula is C21H29FO6. The highest BCUT2D eigenvalue weighted by Crippen LogP contribution is 2.70. The zero-order chi connectivity index (χ0) is 21.2. The van der Waals surface area contributed by atoms with Gasteiger partial charge in [0.2, 0.25) is 0 Å². The predicted molar refractivity (Wildman–Crippen MR) is 97.4 cm³/mol. The van der Waals surface area contributed by atoms with Crippen LogP contribution >= 0.6 is 0 Å². The molecule has 28 heavy (non-hydrogen) atoms. The maximum atomic E-state index is 16.8. The molecule has 0 aliphatic heterocycles. The molecule has 3 fully saturated rings. The van der Waals surface area contributed by atoms with Gasteiger partial charge in [0.15, 0.2) is 17.2 Å². The van der Waals surface area contributed by atoms with Crippen LogP contribution in [0.1, 0.15) is 58.8 Å². The molecule has 0 radical (unpaired) electrons. The normalized spacial score (nSPS) is 47.1. The summed E-state index contributed by atoms with van der Waals surface area (Å²) in [6.07, 6.45) is 5.29. The van der Waals surface area contributed by atoms with Crippen molar-refractivity contribution in [2.75, 3.05) is 6.61 Å². The smallest absolute Gasteiger partial charge is 0.199 e. The number of halogens is 1. The summed E-state index contributed by atoms with van der Waals surface area (Å²) in [5, 5.41) is 42.4. The first-order chi connectivity index (χ1) is 12.9. The standard InChI is InChI=1S/C21H29FO6/c1-4-5-9-17(2)15(24)7-6-14-13-8-10-19(26,16(25)11-23)18(13,3)12-20(27,28)21(14,17)22/h1,13-14,23,26-28H,5-12H2,2-3H3/t13-,14-,17-,18-,19-,21+/m0/s1. The molecule has 0 aromatic heterocycles. The van der Waals surface area contributed by atoms with E-state index in [1.165, 1.54) is 6.92 Å². The molecule has 3 aliphatic rings. The van der Waals surface area contributed by atoms with Crippen LogP contribution in [-0.2, 0) is 9.59 Å². The fourth-order valence-corrected chi connectivity index (χ4v) is 6.66. The first-order valence-electron chi connectivity index (χ1n) is 9.83. The molecule has 3 rings (SSSR count). The van der Waals surface area contributed by atoms with Crippen LogP contribution in [0.2, 0.25) is 0 Å². The lowest BCUT2D eigenvalue weighted by molar-refractivity contribution is -0.351. The molecule has 6 nitrogen and oxygen atoms in total. The largest absolute Gasteiger partial charge is 0.388 e. The lowest BCUT2D eigenvalue weighted by Gasteiger charge is -2.64. The van der Waals surface area contributed by atoms with Crippen molar-refractivity contribution in [3.05, 3.63) is 0 Å². The number of hydrogen-bond donors (Lipinski definition) is 4. The summed E-state index contributed by atoms with van der Waals surface area (Å²) in [5.74, 6) is -3.20. The molecule has 6 atom stereocenters. The van der Waals surface area contributed by atoms with Crippen LogP contribution in [0, 0.1) is 35.0 Å². The van der Waals surface area contributed by atoms with E-state index < -0.39 is 64.3 Å². The topological polar surface area (TPSA) is 115 Å². The molecule has 3 aliphatic carbocycles. The fraction of sp³-hybridized carbons (Fsp3) is 0.810. The van der Waals surface area contributed by atoms with Gasteiger partial charge in [0, 0.05) is 30.6 Å². The summed E-state index contributed by atoms with van der Waals surface area (Å²) in [5.41, 5.74) is -7.62. The van der Waals surface area contributed by atoms with E-state index in [0.29, 0.717) is 6.42 Å². The summed E-state index contributed by atoms with van der Waals surface area (Å²) < 4.78 is 16.8. The highest BCUT2D eigenvalue weighted by atomic mass is 19.1. The van der Waals surface area contributed by atoms with Crippen molar-refractivity contribution in [3.63, 3.8) is 0 Å². The Morgan fingerprint density at radius 3 is 2.46 bits per heavy atom. The second-order valence-corrected chi connectivity index (χ2v) is 9.31. The highest BCUT2D eigenvalue weighted by molar-refractivity contribution is 5.90. The van der Waals surface area contributed by atoms with Crippen molar-refractivity contribution in [1.29, 1.82) is 0 Å². The predicted octanol–water partition coefficient (Wildman–Crippen LogP) is 0.887. The monoisotopic (exact) mass is 396 g/mol. The quantitative estimate of drug-likeness (QED) is 0.414. The summed E-state index contributed by atoms with van der Waals surface area (Å²) in [7, 11) is 0. The number of carbonyl (C=O) groups excluding carboxylic acids is 2. The number of aliphatic hydroxyl groups is 4. The molecule has 0 bridgehead atoms. The summed E-state index contributed by atoms with van der Waals surface area (Å²) in [6.45, 7) is 2.07. The Morgan fingerprint density at radius 1 is 1.25 bits per heavy atom. The van der Waals surface area contributed by atoms with Crippen molar-refractivity contribution in [2.24, 2.45) is 22.7 Å². The van der Waals surface area contributed by atoms with Gasteiger partial charge in [0.1, 0.15) is 18.0 Å². The van der Waals surface area contributed by atoms with E-state index in [4.69, 9.17) is 6.42 Å². The van der Waals surface area contributed by atoms with Gasteiger partial charge in [-0.2, -0.15) is 0 Å². The van der Waals surface area contributed by atoms with Crippen LogP contribution in [0.15, 0.2) is 0 Å². The second-order valence-electron chi connectivity index (χ2n) is 9.31. The summed E-state index contributed by atoms with van der Waals surface area (Å²) in [6, 6.07) is 0. The number of aliphatic hydroxyl groups excluding tert-OH is 1. The Bertz CT molecular complexity index is 744. The zero-order valence-corrected chi connectivity index (χ0v) is 16.4. The Morgan fingerprint density at radius 2 is 1.89 bits per heavy atom. The van der Waals surface area contributed by atoms with Gasteiger partial charge < -0.3 is 20.4 Å². The first-order valence-corrected chi connectivity index (χ1v) is 9.83. The average Bonchev–Trinajstić information content (AvgIpc) is 2.89. The SMILES string of the molecule is C#CCC[C@@]1(C)C(=O)CC[C@H]2[C@@H]3CC[C@](O)(C(=O)CO)[C@@]3(C)CC(O)(O)[C@@]21F. The number of ketones is 2. The highest BCUT2D eigenvalue weighted by Gasteiger charge is 2.79. The van der Waals surface area contributed by atoms with Crippen LogP contribution < -0.4 is 0 Å². The Balaban J connectivity index is 2.15. The Kier molecular flexibility index (Phi) is 4.84. The third-order valence-electron chi connectivity index (χ3n) is 8.25. The molecule has 3 saturated carbocycles. The van der Waals surface area contributed by atoms with Gasteiger partial charge in [-0.1, -0.05) is 6.92 Å². The molecule has 0 saturated heterocycles. The second kappa shape index (κ2) is 6.33. The molecule has 7 heteroatoms. The third kappa shape index (κ3) is 2.29. The number of alkyl halides is 1. The molecule has 0 aromatic carbocycles. The van der Waals surface area contributed by atoms with E-state index in [1.54, 1.807) is 6.92 Å². The fourth-order valence-electron chi connectivity index (χ4n) is 6.66. The van der Waals surface area contributed by atoms with E-state index in [9.17, 15) is 30.0 Å². The molecule has 0 spiro atoms. The van der Waals surface area contributed by atoms with Crippen molar-refractivity contribution in [1.82, 2.24) is 0 Å². The average molecular weight is 396 g/mol. The minimum absolute atomic E-state index is 0.00519. The van der Waals surface area contributed by atoms with Gasteiger partial charge in [-0.05, 0) is 38.5 Å². The zero-order valence-electron chi connectivity index (χ0n) is 16.4. The van der Waals surface area contributed by atoms with Gasteiger partial charge in [0.05, 0.1) is 5.41 Å². The summed E-state index contributed by atoms with van der Waals surface area (Å²) >= 11 is 0. The third-order valence-corrected chi connectivity index (χ3v) is 8.25. The van der Waals surface area contributed by atoms with E-state index in [0.717, 1.165) is 0 Å². The van der Waals surface area contributed by atoms with Crippen molar-refractivity contribution < 1.29 is 34.4 Å². The minimum Gasteiger partial charge on any atom is -0.388 e. The van der Waals surface area contributed by atoms with Crippen LogP contribution in [0.3, 0.4) is 0 Å². The van der Waals surface area contributed by atoms with Crippen LogP contribution in [0.25, 0.3) is 0 Å². The number of fused-ring (bicyclic) bond motifs is 3.